The maximum atomic E-state index is 5.22. The Hall–Kier alpha value is -3.06. The van der Waals surface area contributed by atoms with Crippen LogP contribution in [0, 0.1) is 0 Å². The molecule has 0 amide bonds. The minimum Gasteiger partial charge on any atom is -0.481 e. The van der Waals surface area contributed by atoms with Crippen LogP contribution in [0.1, 0.15) is 5.56 Å². The third kappa shape index (κ3) is 4.98. The Morgan fingerprint density at radius 3 is 2.22 bits per heavy atom. The van der Waals surface area contributed by atoms with Crippen LogP contribution in [0.25, 0.3) is 0 Å². The van der Waals surface area contributed by atoms with Gasteiger partial charge < -0.3 is 9.47 Å². The number of ether oxygens (including phenoxy) is 2. The topological polar surface area (TPSA) is 59.8 Å². The molecule has 2 aromatic carbocycles. The van der Waals surface area contributed by atoms with E-state index in [0.717, 1.165) is 16.1 Å². The molecule has 0 aliphatic heterocycles. The molecule has 0 aliphatic carbocycles. The summed E-state index contributed by atoms with van der Waals surface area (Å²) in [6, 6.07) is 19.6. The number of hydrogen-bond acceptors (Lipinski definition) is 7. The highest BCUT2D eigenvalue weighted by Crippen LogP contribution is 2.30. The summed E-state index contributed by atoms with van der Waals surface area (Å²) in [4.78, 5) is 9.73. The van der Waals surface area contributed by atoms with E-state index >= 15 is 0 Å². The number of para-hydroxylation sites is 1. The van der Waals surface area contributed by atoms with Gasteiger partial charge in [0.15, 0.2) is 5.16 Å². The van der Waals surface area contributed by atoms with Crippen LogP contribution in [0.5, 0.6) is 11.8 Å². The molecule has 3 aromatic rings. The third-order valence-electron chi connectivity index (χ3n) is 3.70. The number of nitrogens with zero attached hydrogens (tertiary/aromatic N) is 4. The van der Waals surface area contributed by atoms with Crippen LogP contribution in [-0.2, 0) is 0 Å². The molecule has 0 atom stereocenters. The minimum absolute atomic E-state index is 0.458. The van der Waals surface area contributed by atoms with E-state index in [2.05, 4.69) is 15.1 Å². The van der Waals surface area contributed by atoms with Crippen LogP contribution in [-0.4, -0.2) is 37.4 Å². The van der Waals surface area contributed by atoms with Crippen LogP contribution < -0.4 is 14.5 Å². The van der Waals surface area contributed by atoms with E-state index in [9.17, 15) is 0 Å². The van der Waals surface area contributed by atoms with Crippen molar-refractivity contribution in [1.29, 1.82) is 0 Å². The summed E-state index contributed by atoms with van der Waals surface area (Å²) < 4.78 is 10.4. The predicted molar refractivity (Wildman–Crippen MR) is 108 cm³/mol. The third-order valence-corrected chi connectivity index (χ3v) is 4.65. The van der Waals surface area contributed by atoms with Gasteiger partial charge in [-0.25, -0.2) is 0 Å². The molecule has 0 spiro atoms. The van der Waals surface area contributed by atoms with Gasteiger partial charge in [0.25, 0.3) is 0 Å². The lowest BCUT2D eigenvalue weighted by atomic mass is 10.2. The van der Waals surface area contributed by atoms with Gasteiger partial charge >= 0.3 is 0 Å². The van der Waals surface area contributed by atoms with Crippen molar-refractivity contribution in [3.05, 3.63) is 66.2 Å². The predicted octanol–water partition coefficient (Wildman–Crippen LogP) is 4.12. The van der Waals surface area contributed by atoms with Gasteiger partial charge in [-0.2, -0.15) is 15.1 Å². The van der Waals surface area contributed by atoms with Crippen molar-refractivity contribution < 1.29 is 9.47 Å². The zero-order valence-corrected chi connectivity index (χ0v) is 16.2. The molecule has 138 valence electrons. The monoisotopic (exact) mass is 380 g/mol. The smallest absolute Gasteiger partial charge is 0.220 e. The molecular weight excluding hydrogens is 360 g/mol. The Morgan fingerprint density at radius 2 is 1.56 bits per heavy atom. The highest BCUT2D eigenvalue weighted by molar-refractivity contribution is 7.99. The highest BCUT2D eigenvalue weighted by atomic mass is 32.2. The molecular formula is C20H20N4O2S. The van der Waals surface area contributed by atoms with Gasteiger partial charge in [0.05, 0.1) is 32.2 Å². The van der Waals surface area contributed by atoms with Crippen molar-refractivity contribution >= 4 is 23.7 Å². The van der Waals surface area contributed by atoms with E-state index in [4.69, 9.17) is 9.47 Å². The molecule has 1 heterocycles. The maximum Gasteiger partial charge on any atom is 0.220 e. The quantitative estimate of drug-likeness (QED) is 0.349. The SMILES string of the molecule is COc1cc(OC)nc(Sc2ccccc2C=NN(C)c2ccccc2)n1. The average molecular weight is 380 g/mol. The van der Waals surface area contributed by atoms with Crippen molar-refractivity contribution in [2.24, 2.45) is 5.10 Å². The summed E-state index contributed by atoms with van der Waals surface area (Å²) >= 11 is 1.43. The van der Waals surface area contributed by atoms with E-state index in [1.165, 1.54) is 11.8 Å². The average Bonchev–Trinajstić information content (AvgIpc) is 2.73. The minimum atomic E-state index is 0.458. The van der Waals surface area contributed by atoms with Gasteiger partial charge in [-0.1, -0.05) is 36.4 Å². The largest absolute Gasteiger partial charge is 0.481 e. The van der Waals surface area contributed by atoms with Crippen LogP contribution in [0.4, 0.5) is 5.69 Å². The van der Waals surface area contributed by atoms with Crippen molar-refractivity contribution in [3.8, 4) is 11.8 Å². The second-order valence-electron chi connectivity index (χ2n) is 5.48. The number of benzene rings is 2. The van der Waals surface area contributed by atoms with Gasteiger partial charge in [-0.3, -0.25) is 5.01 Å². The molecule has 7 heteroatoms. The second-order valence-corrected chi connectivity index (χ2v) is 6.49. The lowest BCUT2D eigenvalue weighted by Crippen LogP contribution is -2.08. The fourth-order valence-electron chi connectivity index (χ4n) is 2.28. The lowest BCUT2D eigenvalue weighted by Gasteiger charge is -2.13. The maximum absolute atomic E-state index is 5.22. The van der Waals surface area contributed by atoms with Gasteiger partial charge in [0, 0.05) is 17.5 Å². The number of hydrogen-bond donors (Lipinski definition) is 0. The van der Waals surface area contributed by atoms with Crippen molar-refractivity contribution in [2.75, 3.05) is 26.3 Å². The van der Waals surface area contributed by atoms with Crippen LogP contribution >= 0.6 is 11.8 Å². The van der Waals surface area contributed by atoms with Gasteiger partial charge in [0.2, 0.25) is 11.8 Å². The molecule has 6 nitrogen and oxygen atoms in total. The van der Waals surface area contributed by atoms with E-state index < -0.39 is 0 Å². The van der Waals surface area contributed by atoms with Crippen LogP contribution in [0.2, 0.25) is 0 Å². The fraction of sp³-hybridized carbons (Fsp3) is 0.150. The number of methoxy groups -OCH3 is 2. The lowest BCUT2D eigenvalue weighted by molar-refractivity contribution is 0.364. The molecule has 0 bridgehead atoms. The first-order valence-electron chi connectivity index (χ1n) is 8.26. The van der Waals surface area contributed by atoms with Gasteiger partial charge in [-0.05, 0) is 30.0 Å². The van der Waals surface area contributed by atoms with E-state index in [0.29, 0.717) is 16.9 Å². The Kier molecular flexibility index (Phi) is 6.27. The molecule has 1 aromatic heterocycles. The molecule has 3 rings (SSSR count). The molecule has 0 radical (unpaired) electrons. The Morgan fingerprint density at radius 1 is 0.926 bits per heavy atom. The van der Waals surface area contributed by atoms with Crippen molar-refractivity contribution in [1.82, 2.24) is 9.97 Å². The first-order valence-corrected chi connectivity index (χ1v) is 9.08. The number of aromatic nitrogens is 2. The number of hydrazone groups is 1. The van der Waals surface area contributed by atoms with Gasteiger partial charge in [0.1, 0.15) is 0 Å². The molecule has 0 saturated carbocycles. The Bertz CT molecular complexity index is 897. The summed E-state index contributed by atoms with van der Waals surface area (Å²) in [7, 11) is 5.05. The molecule has 0 saturated heterocycles. The normalized spacial score (nSPS) is 10.8. The van der Waals surface area contributed by atoms with E-state index in [1.54, 1.807) is 20.3 Å². The summed E-state index contributed by atoms with van der Waals surface area (Å²) in [6.07, 6.45) is 1.83. The van der Waals surface area contributed by atoms with Crippen LogP contribution in [0.15, 0.2) is 75.8 Å². The van der Waals surface area contributed by atoms with Crippen LogP contribution in [0.3, 0.4) is 0 Å². The number of anilines is 1. The van der Waals surface area contributed by atoms with E-state index in [-0.39, 0.29) is 0 Å². The summed E-state index contributed by atoms with van der Waals surface area (Å²) in [5, 5.41) is 6.91. The molecule has 0 aliphatic rings. The fourth-order valence-corrected chi connectivity index (χ4v) is 3.13. The Balaban J connectivity index is 1.83. The summed E-state index contributed by atoms with van der Waals surface area (Å²) in [6.45, 7) is 0. The zero-order valence-electron chi connectivity index (χ0n) is 15.4. The molecule has 0 fully saturated rings. The molecule has 0 N–H and O–H groups in total. The summed E-state index contributed by atoms with van der Waals surface area (Å²) in [5.41, 5.74) is 1.98. The molecule has 27 heavy (non-hydrogen) atoms. The van der Waals surface area contributed by atoms with E-state index in [1.807, 2.05) is 72.9 Å². The first-order chi connectivity index (χ1) is 13.2. The standard InChI is InChI=1S/C20H20N4O2S/c1-24(16-10-5-4-6-11-16)21-14-15-9-7-8-12-17(15)27-20-22-18(25-2)13-19(23-20)26-3/h4-14H,1-3H3. The molecule has 0 unspecified atom stereocenters. The van der Waals surface area contributed by atoms with Crippen molar-refractivity contribution in [3.63, 3.8) is 0 Å². The van der Waals surface area contributed by atoms with Crippen molar-refractivity contribution in [2.45, 2.75) is 10.1 Å². The first kappa shape index (κ1) is 18.7. The second kappa shape index (κ2) is 9.05. The number of rotatable bonds is 7. The zero-order chi connectivity index (χ0) is 19.1. The Labute approximate surface area is 162 Å². The highest BCUT2D eigenvalue weighted by Gasteiger charge is 2.09. The van der Waals surface area contributed by atoms with Gasteiger partial charge in [-0.15, -0.1) is 0 Å². The summed E-state index contributed by atoms with van der Waals surface area (Å²) in [5.74, 6) is 0.915.